The molecule has 2 aromatic carbocycles. The second-order valence-corrected chi connectivity index (χ2v) is 5.01. The molecule has 0 saturated heterocycles. The van der Waals surface area contributed by atoms with Crippen LogP contribution in [0.4, 0.5) is 8.78 Å². The summed E-state index contributed by atoms with van der Waals surface area (Å²) >= 11 is 5.65. The van der Waals surface area contributed by atoms with Crippen LogP contribution in [0.15, 0.2) is 48.7 Å². The average molecular weight is 319 g/mol. The van der Waals surface area contributed by atoms with Crippen LogP contribution in [0.1, 0.15) is 10.4 Å². The Balaban J connectivity index is 2.09. The fraction of sp³-hybridized carbons (Fsp3) is 0. The summed E-state index contributed by atoms with van der Waals surface area (Å²) in [6, 6.07) is 9.83. The zero-order valence-electron chi connectivity index (χ0n) is 11.1. The van der Waals surface area contributed by atoms with Crippen LogP contribution in [0.5, 0.6) is 0 Å². The van der Waals surface area contributed by atoms with Crippen LogP contribution in [0.25, 0.3) is 16.9 Å². The second kappa shape index (κ2) is 5.69. The SMILES string of the molecule is O=Cc1cn(-c2ccc(Cl)c(F)c2)nc1-c1ccc(F)cc1. The van der Waals surface area contributed by atoms with Gasteiger partial charge in [-0.3, -0.25) is 4.79 Å². The van der Waals surface area contributed by atoms with Gasteiger partial charge in [0.05, 0.1) is 16.3 Å². The largest absolute Gasteiger partial charge is 0.298 e. The van der Waals surface area contributed by atoms with Crippen LogP contribution >= 0.6 is 11.6 Å². The van der Waals surface area contributed by atoms with Gasteiger partial charge in [0, 0.05) is 17.8 Å². The molecule has 0 amide bonds. The smallest absolute Gasteiger partial charge is 0.153 e. The third-order valence-electron chi connectivity index (χ3n) is 3.15. The molecule has 110 valence electrons. The molecule has 22 heavy (non-hydrogen) atoms. The maximum Gasteiger partial charge on any atom is 0.153 e. The first-order chi connectivity index (χ1) is 10.6. The first-order valence-electron chi connectivity index (χ1n) is 6.34. The molecule has 1 heterocycles. The van der Waals surface area contributed by atoms with E-state index >= 15 is 0 Å². The van der Waals surface area contributed by atoms with Crippen molar-refractivity contribution in [1.29, 1.82) is 0 Å². The quantitative estimate of drug-likeness (QED) is 0.675. The van der Waals surface area contributed by atoms with Crippen LogP contribution in [0, 0.1) is 11.6 Å². The summed E-state index contributed by atoms with van der Waals surface area (Å²) in [5, 5.41) is 4.28. The van der Waals surface area contributed by atoms with Crippen molar-refractivity contribution in [1.82, 2.24) is 9.78 Å². The molecular weight excluding hydrogens is 310 g/mol. The van der Waals surface area contributed by atoms with Crippen molar-refractivity contribution in [3.05, 3.63) is 70.9 Å². The zero-order chi connectivity index (χ0) is 15.7. The van der Waals surface area contributed by atoms with Crippen LogP contribution in [-0.4, -0.2) is 16.1 Å². The summed E-state index contributed by atoms with van der Waals surface area (Å²) in [4.78, 5) is 11.2. The molecule has 3 nitrogen and oxygen atoms in total. The Hall–Kier alpha value is -2.53. The Morgan fingerprint density at radius 3 is 2.45 bits per heavy atom. The Bertz CT molecular complexity index is 844. The summed E-state index contributed by atoms with van der Waals surface area (Å²) in [5.41, 5.74) is 1.74. The van der Waals surface area contributed by atoms with Gasteiger partial charge < -0.3 is 0 Å². The van der Waals surface area contributed by atoms with Gasteiger partial charge in [-0.15, -0.1) is 0 Å². The van der Waals surface area contributed by atoms with Gasteiger partial charge in [-0.25, -0.2) is 13.5 Å². The lowest BCUT2D eigenvalue weighted by atomic mass is 10.1. The Kier molecular flexibility index (Phi) is 3.73. The third-order valence-corrected chi connectivity index (χ3v) is 3.46. The van der Waals surface area contributed by atoms with Crippen molar-refractivity contribution < 1.29 is 13.6 Å². The molecule has 0 unspecified atom stereocenters. The minimum absolute atomic E-state index is 0.00488. The number of benzene rings is 2. The zero-order valence-corrected chi connectivity index (χ0v) is 11.9. The lowest BCUT2D eigenvalue weighted by Crippen LogP contribution is -1.96. The van der Waals surface area contributed by atoms with Crippen molar-refractivity contribution >= 4 is 17.9 Å². The first-order valence-corrected chi connectivity index (χ1v) is 6.72. The number of halogens is 3. The van der Waals surface area contributed by atoms with Crippen molar-refractivity contribution in [3.8, 4) is 16.9 Å². The molecule has 0 aliphatic carbocycles. The summed E-state index contributed by atoms with van der Waals surface area (Å²) in [5.74, 6) is -0.957. The van der Waals surface area contributed by atoms with Crippen molar-refractivity contribution in [2.75, 3.05) is 0 Å². The Morgan fingerprint density at radius 1 is 1.09 bits per heavy atom. The molecule has 1 aromatic heterocycles. The number of aldehydes is 1. The monoisotopic (exact) mass is 318 g/mol. The van der Waals surface area contributed by atoms with E-state index in [9.17, 15) is 13.6 Å². The highest BCUT2D eigenvalue weighted by atomic mass is 35.5. The van der Waals surface area contributed by atoms with Gasteiger partial charge in [0.25, 0.3) is 0 Å². The molecule has 0 radical (unpaired) electrons. The summed E-state index contributed by atoms with van der Waals surface area (Å²) < 4.78 is 27.9. The predicted molar refractivity (Wildman–Crippen MR) is 79.3 cm³/mol. The Labute approximate surface area is 129 Å². The third kappa shape index (κ3) is 2.63. The summed E-state index contributed by atoms with van der Waals surface area (Å²) in [6.45, 7) is 0. The molecule has 0 bridgehead atoms. The molecule has 3 rings (SSSR count). The van der Waals surface area contributed by atoms with Gasteiger partial charge in [-0.05, 0) is 36.4 Å². The molecule has 0 saturated carbocycles. The normalized spacial score (nSPS) is 10.7. The van der Waals surface area contributed by atoms with Gasteiger partial charge in [-0.2, -0.15) is 5.10 Å². The predicted octanol–water partition coefficient (Wildman–Crippen LogP) is 4.28. The Morgan fingerprint density at radius 2 is 1.82 bits per heavy atom. The van der Waals surface area contributed by atoms with E-state index in [0.717, 1.165) is 0 Å². The fourth-order valence-corrected chi connectivity index (χ4v) is 2.18. The van der Waals surface area contributed by atoms with E-state index < -0.39 is 5.82 Å². The number of carbonyl (C=O) groups excluding carboxylic acids is 1. The molecule has 0 aliphatic rings. The van der Waals surface area contributed by atoms with Gasteiger partial charge in [-0.1, -0.05) is 11.6 Å². The number of rotatable bonds is 3. The second-order valence-electron chi connectivity index (χ2n) is 4.60. The maximum atomic E-state index is 13.5. The number of carbonyl (C=O) groups is 1. The lowest BCUT2D eigenvalue weighted by Gasteiger charge is -2.02. The molecule has 0 fully saturated rings. The highest BCUT2D eigenvalue weighted by Gasteiger charge is 2.12. The molecule has 6 heteroatoms. The summed E-state index contributed by atoms with van der Waals surface area (Å²) in [7, 11) is 0. The standard InChI is InChI=1S/C16H9ClF2N2O/c17-14-6-5-13(7-15(14)19)21-8-11(9-22)16(20-21)10-1-3-12(18)4-2-10/h1-9H. The van der Waals surface area contributed by atoms with Gasteiger partial charge >= 0.3 is 0 Å². The van der Waals surface area contributed by atoms with Crippen molar-refractivity contribution in [2.45, 2.75) is 0 Å². The van der Waals surface area contributed by atoms with E-state index in [1.807, 2.05) is 0 Å². The molecular formula is C16H9ClF2N2O. The molecule has 3 aromatic rings. The van der Waals surface area contributed by atoms with E-state index in [-0.39, 0.29) is 10.8 Å². The number of hydrogen-bond acceptors (Lipinski definition) is 2. The minimum atomic E-state index is -0.578. The van der Waals surface area contributed by atoms with Crippen LogP contribution in [0.3, 0.4) is 0 Å². The van der Waals surface area contributed by atoms with Crippen molar-refractivity contribution in [3.63, 3.8) is 0 Å². The van der Waals surface area contributed by atoms with E-state index in [0.29, 0.717) is 28.8 Å². The molecule has 0 aliphatic heterocycles. The summed E-state index contributed by atoms with van der Waals surface area (Å²) in [6.07, 6.45) is 2.13. The number of aromatic nitrogens is 2. The molecule has 0 atom stereocenters. The number of nitrogens with zero attached hydrogens (tertiary/aromatic N) is 2. The maximum absolute atomic E-state index is 13.5. The highest BCUT2D eigenvalue weighted by molar-refractivity contribution is 6.30. The lowest BCUT2D eigenvalue weighted by molar-refractivity contribution is 0.112. The van der Waals surface area contributed by atoms with E-state index in [4.69, 9.17) is 11.6 Å². The van der Waals surface area contributed by atoms with Gasteiger partial charge in [0.1, 0.15) is 17.3 Å². The molecule has 0 N–H and O–H groups in total. The topological polar surface area (TPSA) is 34.9 Å². The van der Waals surface area contributed by atoms with Crippen LogP contribution in [-0.2, 0) is 0 Å². The van der Waals surface area contributed by atoms with E-state index in [1.54, 1.807) is 6.07 Å². The fourth-order valence-electron chi connectivity index (χ4n) is 2.07. The molecule has 0 spiro atoms. The first kappa shape index (κ1) is 14.4. The average Bonchev–Trinajstić information content (AvgIpc) is 2.95. The van der Waals surface area contributed by atoms with E-state index in [1.165, 1.54) is 47.3 Å². The minimum Gasteiger partial charge on any atom is -0.298 e. The van der Waals surface area contributed by atoms with E-state index in [2.05, 4.69) is 5.10 Å². The van der Waals surface area contributed by atoms with Gasteiger partial charge in [0.2, 0.25) is 0 Å². The van der Waals surface area contributed by atoms with Crippen LogP contribution in [0.2, 0.25) is 5.02 Å². The van der Waals surface area contributed by atoms with Gasteiger partial charge in [0.15, 0.2) is 6.29 Å². The van der Waals surface area contributed by atoms with Crippen molar-refractivity contribution in [2.24, 2.45) is 0 Å². The number of hydrogen-bond donors (Lipinski definition) is 0. The highest BCUT2D eigenvalue weighted by Crippen LogP contribution is 2.24. The van der Waals surface area contributed by atoms with Crippen LogP contribution < -0.4 is 0 Å².